The fraction of sp³-hybridized carbons (Fsp3) is 0.188. The van der Waals surface area contributed by atoms with Crippen molar-refractivity contribution in [2.24, 2.45) is 5.73 Å². The van der Waals surface area contributed by atoms with Crippen LogP contribution in [-0.4, -0.2) is 6.54 Å². The second-order valence-electron chi connectivity index (χ2n) is 4.39. The Kier molecular flexibility index (Phi) is 5.16. The fourth-order valence-corrected chi connectivity index (χ4v) is 2.33. The van der Waals surface area contributed by atoms with Gasteiger partial charge in [0.2, 0.25) is 0 Å². The van der Waals surface area contributed by atoms with Gasteiger partial charge in [0.25, 0.3) is 0 Å². The Morgan fingerprint density at radius 2 is 2.05 bits per heavy atom. The minimum Gasteiger partial charge on any atom is -0.489 e. The van der Waals surface area contributed by atoms with Gasteiger partial charge < -0.3 is 10.5 Å². The number of nitrogens with two attached hydrogens (primary N) is 1. The van der Waals surface area contributed by atoms with Gasteiger partial charge in [0.05, 0.1) is 11.6 Å². The lowest BCUT2D eigenvalue weighted by molar-refractivity contribution is 0.306. The van der Waals surface area contributed by atoms with Crippen LogP contribution in [0.3, 0.4) is 0 Å². The first-order chi connectivity index (χ1) is 9.72. The molecule has 102 valence electrons. The molecular formula is C16H15BrN2O. The van der Waals surface area contributed by atoms with Gasteiger partial charge in [-0.05, 0) is 54.4 Å². The quantitative estimate of drug-likeness (QED) is 0.913. The Balaban J connectivity index is 2.07. The van der Waals surface area contributed by atoms with Gasteiger partial charge in [-0.25, -0.2) is 0 Å². The lowest BCUT2D eigenvalue weighted by Crippen LogP contribution is -2.04. The highest BCUT2D eigenvalue weighted by atomic mass is 79.9. The molecule has 0 fully saturated rings. The molecule has 0 heterocycles. The van der Waals surface area contributed by atoms with Crippen molar-refractivity contribution < 1.29 is 4.74 Å². The second kappa shape index (κ2) is 7.09. The highest BCUT2D eigenvalue weighted by Gasteiger charge is 2.03. The lowest BCUT2D eigenvalue weighted by atomic mass is 10.1. The predicted molar refractivity (Wildman–Crippen MR) is 82.4 cm³/mol. The van der Waals surface area contributed by atoms with Crippen LogP contribution in [-0.2, 0) is 13.0 Å². The number of halogens is 1. The molecule has 0 aliphatic heterocycles. The molecule has 0 spiro atoms. The molecule has 0 bridgehead atoms. The molecule has 0 saturated carbocycles. The van der Waals surface area contributed by atoms with E-state index in [9.17, 15) is 0 Å². The van der Waals surface area contributed by atoms with Gasteiger partial charge in [-0.1, -0.05) is 28.1 Å². The molecule has 0 aliphatic carbocycles. The van der Waals surface area contributed by atoms with Crippen molar-refractivity contribution >= 4 is 15.9 Å². The van der Waals surface area contributed by atoms with Gasteiger partial charge in [-0.2, -0.15) is 5.26 Å². The molecule has 2 aromatic rings. The maximum absolute atomic E-state index is 8.87. The summed E-state index contributed by atoms with van der Waals surface area (Å²) in [7, 11) is 0. The number of nitriles is 1. The highest BCUT2D eigenvalue weighted by Crippen LogP contribution is 2.23. The van der Waals surface area contributed by atoms with Crippen LogP contribution in [0.2, 0.25) is 0 Å². The van der Waals surface area contributed by atoms with Crippen LogP contribution in [0.5, 0.6) is 5.75 Å². The van der Waals surface area contributed by atoms with E-state index in [0.29, 0.717) is 18.7 Å². The van der Waals surface area contributed by atoms with Crippen LogP contribution >= 0.6 is 15.9 Å². The van der Waals surface area contributed by atoms with Crippen molar-refractivity contribution in [3.8, 4) is 11.8 Å². The molecule has 0 unspecified atom stereocenters. The highest BCUT2D eigenvalue weighted by molar-refractivity contribution is 9.10. The SMILES string of the molecule is N#Cc1cccc(COc2ccc(Br)c(CCN)c2)c1. The predicted octanol–water partition coefficient (Wildman–Crippen LogP) is 3.40. The van der Waals surface area contributed by atoms with Crippen molar-refractivity contribution in [1.82, 2.24) is 0 Å². The minimum atomic E-state index is 0.444. The number of ether oxygens (including phenoxy) is 1. The van der Waals surface area contributed by atoms with Crippen molar-refractivity contribution in [2.45, 2.75) is 13.0 Å². The summed E-state index contributed by atoms with van der Waals surface area (Å²) in [6.07, 6.45) is 0.807. The zero-order valence-corrected chi connectivity index (χ0v) is 12.6. The first-order valence-electron chi connectivity index (χ1n) is 6.33. The number of nitrogens with zero attached hydrogens (tertiary/aromatic N) is 1. The van der Waals surface area contributed by atoms with E-state index in [0.717, 1.165) is 27.8 Å². The molecule has 20 heavy (non-hydrogen) atoms. The van der Waals surface area contributed by atoms with E-state index in [1.54, 1.807) is 6.07 Å². The van der Waals surface area contributed by atoms with Crippen molar-refractivity contribution in [2.75, 3.05) is 6.54 Å². The van der Waals surface area contributed by atoms with Crippen LogP contribution in [0.1, 0.15) is 16.7 Å². The standard InChI is InChI=1S/C16H15BrN2O/c17-16-5-4-15(9-14(16)6-7-18)20-11-13-3-1-2-12(8-13)10-19/h1-5,8-9H,6-7,11,18H2. The first kappa shape index (κ1) is 14.6. The van der Waals surface area contributed by atoms with Crippen LogP contribution in [0, 0.1) is 11.3 Å². The first-order valence-corrected chi connectivity index (χ1v) is 7.12. The lowest BCUT2D eigenvalue weighted by Gasteiger charge is -2.09. The summed E-state index contributed by atoms with van der Waals surface area (Å²) >= 11 is 3.50. The molecule has 2 N–H and O–H groups in total. The summed E-state index contributed by atoms with van der Waals surface area (Å²) in [6, 6.07) is 15.4. The van der Waals surface area contributed by atoms with Gasteiger partial charge in [0.1, 0.15) is 12.4 Å². The Labute approximate surface area is 127 Å². The minimum absolute atomic E-state index is 0.444. The maximum atomic E-state index is 8.87. The van der Waals surface area contributed by atoms with Crippen LogP contribution < -0.4 is 10.5 Å². The van der Waals surface area contributed by atoms with Gasteiger partial charge in [0, 0.05) is 4.47 Å². The van der Waals surface area contributed by atoms with E-state index in [-0.39, 0.29) is 0 Å². The Morgan fingerprint density at radius 3 is 2.80 bits per heavy atom. The third-order valence-corrected chi connectivity index (χ3v) is 3.67. The number of rotatable bonds is 5. The van der Waals surface area contributed by atoms with Crippen molar-refractivity contribution in [3.05, 3.63) is 63.6 Å². The topological polar surface area (TPSA) is 59.0 Å². The molecule has 0 aliphatic rings. The Hall–Kier alpha value is -1.83. The monoisotopic (exact) mass is 330 g/mol. The molecule has 0 atom stereocenters. The number of hydrogen-bond acceptors (Lipinski definition) is 3. The molecule has 3 nitrogen and oxygen atoms in total. The van der Waals surface area contributed by atoms with E-state index in [1.807, 2.05) is 36.4 Å². The molecule has 0 saturated heterocycles. The fourth-order valence-electron chi connectivity index (χ4n) is 1.89. The zero-order valence-electron chi connectivity index (χ0n) is 11.0. The molecule has 0 radical (unpaired) electrons. The number of hydrogen-bond donors (Lipinski definition) is 1. The van der Waals surface area contributed by atoms with E-state index < -0.39 is 0 Å². The Morgan fingerprint density at radius 1 is 1.20 bits per heavy atom. The summed E-state index contributed by atoms with van der Waals surface area (Å²) in [5, 5.41) is 8.87. The molecule has 2 aromatic carbocycles. The normalized spacial score (nSPS) is 10.1. The summed E-state index contributed by atoms with van der Waals surface area (Å²) in [4.78, 5) is 0. The van der Waals surface area contributed by atoms with E-state index in [1.165, 1.54) is 0 Å². The molecule has 0 amide bonds. The summed E-state index contributed by atoms with van der Waals surface area (Å²) < 4.78 is 6.81. The Bertz CT molecular complexity index is 635. The zero-order chi connectivity index (χ0) is 14.4. The summed E-state index contributed by atoms with van der Waals surface area (Å²) in [5.41, 5.74) is 8.34. The van der Waals surface area contributed by atoms with Crippen molar-refractivity contribution in [1.29, 1.82) is 5.26 Å². The van der Waals surface area contributed by atoms with E-state index in [4.69, 9.17) is 15.7 Å². The average molecular weight is 331 g/mol. The summed E-state index contributed by atoms with van der Waals surface area (Å²) in [5.74, 6) is 0.805. The van der Waals surface area contributed by atoms with Crippen LogP contribution in [0.4, 0.5) is 0 Å². The summed E-state index contributed by atoms with van der Waals surface area (Å²) in [6.45, 7) is 1.05. The molecule has 2 rings (SSSR count). The van der Waals surface area contributed by atoms with E-state index in [2.05, 4.69) is 22.0 Å². The number of benzene rings is 2. The second-order valence-corrected chi connectivity index (χ2v) is 5.25. The van der Waals surface area contributed by atoms with Crippen LogP contribution in [0.15, 0.2) is 46.9 Å². The van der Waals surface area contributed by atoms with Crippen molar-refractivity contribution in [3.63, 3.8) is 0 Å². The average Bonchev–Trinajstić information content (AvgIpc) is 2.48. The maximum Gasteiger partial charge on any atom is 0.120 e. The van der Waals surface area contributed by atoms with Gasteiger partial charge in [0.15, 0.2) is 0 Å². The van der Waals surface area contributed by atoms with Crippen LogP contribution in [0.25, 0.3) is 0 Å². The third-order valence-electron chi connectivity index (χ3n) is 2.89. The third kappa shape index (κ3) is 3.83. The smallest absolute Gasteiger partial charge is 0.120 e. The molecule has 4 heteroatoms. The van der Waals surface area contributed by atoms with Gasteiger partial charge in [-0.3, -0.25) is 0 Å². The largest absolute Gasteiger partial charge is 0.489 e. The van der Waals surface area contributed by atoms with Gasteiger partial charge >= 0.3 is 0 Å². The molecule has 0 aromatic heterocycles. The van der Waals surface area contributed by atoms with Gasteiger partial charge in [-0.15, -0.1) is 0 Å². The molecular weight excluding hydrogens is 316 g/mol. The van der Waals surface area contributed by atoms with E-state index >= 15 is 0 Å².